The van der Waals surface area contributed by atoms with E-state index in [9.17, 15) is 14.4 Å². The first-order valence-corrected chi connectivity index (χ1v) is 15.2. The number of hydrogen-bond donors (Lipinski definition) is 2. The summed E-state index contributed by atoms with van der Waals surface area (Å²) in [6.45, 7) is 11.2. The van der Waals surface area contributed by atoms with Crippen molar-refractivity contribution in [2.75, 3.05) is 13.1 Å². The van der Waals surface area contributed by atoms with Gasteiger partial charge in [0.25, 0.3) is 0 Å². The van der Waals surface area contributed by atoms with Crippen molar-refractivity contribution < 1.29 is 28.6 Å². The van der Waals surface area contributed by atoms with Gasteiger partial charge in [-0.3, -0.25) is 0 Å². The fourth-order valence-corrected chi connectivity index (χ4v) is 4.86. The number of ether oxygens (including phenoxy) is 3. The molecule has 10 nitrogen and oxygen atoms in total. The second-order valence-corrected chi connectivity index (χ2v) is 13.1. The zero-order valence-electron chi connectivity index (χ0n) is 26.4. The summed E-state index contributed by atoms with van der Waals surface area (Å²) in [5.41, 5.74) is 2.80. The second kappa shape index (κ2) is 15.7. The Morgan fingerprint density at radius 3 is 2.16 bits per heavy atom. The number of esters is 1. The molecule has 1 aromatic carbocycles. The molecule has 0 unspecified atom stereocenters. The maximum atomic E-state index is 13.5. The van der Waals surface area contributed by atoms with E-state index in [1.165, 1.54) is 17.6 Å². The van der Waals surface area contributed by atoms with Gasteiger partial charge in [-0.05, 0) is 84.4 Å². The van der Waals surface area contributed by atoms with Crippen molar-refractivity contribution >= 4 is 18.2 Å². The Morgan fingerprint density at radius 2 is 1.56 bits per heavy atom. The molecule has 0 radical (unpaired) electrons. The molecule has 1 saturated carbocycles. The summed E-state index contributed by atoms with van der Waals surface area (Å²) in [6, 6.07) is 13.7. The second-order valence-electron chi connectivity index (χ2n) is 13.1. The van der Waals surface area contributed by atoms with Gasteiger partial charge in [-0.1, -0.05) is 55.7 Å². The maximum absolute atomic E-state index is 13.5. The molecule has 0 bridgehead atoms. The number of carbonyl (C=O) groups is 3. The molecule has 2 aromatic rings. The van der Waals surface area contributed by atoms with Gasteiger partial charge in [-0.2, -0.15) is 0 Å². The smallest absolute Gasteiger partial charge is 0.424 e. The molecule has 1 aromatic heterocycles. The minimum atomic E-state index is -0.992. The van der Waals surface area contributed by atoms with Crippen molar-refractivity contribution in [2.24, 2.45) is 5.92 Å². The number of alkyl carbamates (subject to hydrolysis) is 1. The highest BCUT2D eigenvalue weighted by Gasteiger charge is 2.34. The van der Waals surface area contributed by atoms with Crippen molar-refractivity contribution in [3.63, 3.8) is 0 Å². The van der Waals surface area contributed by atoms with E-state index in [0.29, 0.717) is 18.9 Å². The van der Waals surface area contributed by atoms with Crippen LogP contribution in [0.3, 0.4) is 0 Å². The van der Waals surface area contributed by atoms with Crippen LogP contribution in [0.2, 0.25) is 0 Å². The highest BCUT2D eigenvalue weighted by atomic mass is 16.6. The normalized spacial score (nSPS) is 15.6. The number of amides is 2. The summed E-state index contributed by atoms with van der Waals surface area (Å²) < 4.78 is 17.3. The molecule has 2 amide bonds. The Kier molecular flexibility index (Phi) is 12.4. The fourth-order valence-electron chi connectivity index (χ4n) is 4.86. The van der Waals surface area contributed by atoms with Crippen LogP contribution in [-0.4, -0.2) is 64.6 Å². The lowest BCUT2D eigenvalue weighted by molar-refractivity contribution is -0.0201. The van der Waals surface area contributed by atoms with E-state index >= 15 is 0 Å². The lowest BCUT2D eigenvalue weighted by Gasteiger charge is -2.35. The Morgan fingerprint density at radius 1 is 0.907 bits per heavy atom. The predicted octanol–water partition coefficient (Wildman–Crippen LogP) is 6.07. The summed E-state index contributed by atoms with van der Waals surface area (Å²) in [4.78, 5) is 44.0. The van der Waals surface area contributed by atoms with Crippen LogP contribution in [0.5, 0.6) is 0 Å². The monoisotopic (exact) mass is 596 g/mol. The van der Waals surface area contributed by atoms with Crippen molar-refractivity contribution in [3.8, 4) is 0 Å². The molecule has 0 saturated heterocycles. The average Bonchev–Trinajstić information content (AvgIpc) is 2.94. The van der Waals surface area contributed by atoms with Gasteiger partial charge in [0, 0.05) is 12.7 Å². The Balaban J connectivity index is 1.95. The van der Waals surface area contributed by atoms with Crippen LogP contribution in [0.1, 0.15) is 89.7 Å². The zero-order valence-corrected chi connectivity index (χ0v) is 26.4. The van der Waals surface area contributed by atoms with Gasteiger partial charge in [0.1, 0.15) is 23.0 Å². The standard InChI is InChI=1S/C33H48N4O6/c1-32(2,3)42-30(39)36-27(21-24-15-9-7-10-16-24)28(41-29(38)26-19-13-14-20-34-26)23-37(31(40)43-33(4,5)6)35-22-25-17-11-8-12-18-25/h7,9-10,13-16,19-20,25,27-28,35H,8,11-12,17-18,21-23H2,1-6H3,(H,36,39)/t27-,28-/m0/s1. The minimum Gasteiger partial charge on any atom is -0.453 e. The summed E-state index contributed by atoms with van der Waals surface area (Å²) in [5, 5.41) is 4.28. The van der Waals surface area contributed by atoms with Crippen molar-refractivity contribution in [3.05, 3.63) is 66.0 Å². The fraction of sp³-hybridized carbons (Fsp3) is 0.576. The molecular formula is C33H48N4O6. The molecule has 1 aliphatic carbocycles. The third-order valence-corrected chi connectivity index (χ3v) is 6.85. The van der Waals surface area contributed by atoms with Crippen LogP contribution in [0.15, 0.2) is 54.7 Å². The first-order chi connectivity index (χ1) is 20.3. The third kappa shape index (κ3) is 12.6. The molecule has 1 fully saturated rings. The zero-order chi connectivity index (χ0) is 31.5. The summed E-state index contributed by atoms with van der Waals surface area (Å²) >= 11 is 0. The highest BCUT2D eigenvalue weighted by Crippen LogP contribution is 2.23. The van der Waals surface area contributed by atoms with E-state index in [1.807, 2.05) is 30.3 Å². The molecule has 10 heteroatoms. The Hall–Kier alpha value is -3.66. The number of hydrazine groups is 1. The number of carbonyl (C=O) groups excluding carboxylic acids is 3. The SMILES string of the molecule is CC(C)(C)OC(=O)N[C@@H](Cc1ccccc1)[C@H](CN(NCC1CCCCC1)C(=O)OC(C)(C)C)OC(=O)c1ccccn1. The topological polar surface area (TPSA) is 119 Å². The van der Waals surface area contributed by atoms with E-state index in [0.717, 1.165) is 31.2 Å². The largest absolute Gasteiger partial charge is 0.453 e. The molecule has 0 spiro atoms. The quantitative estimate of drug-likeness (QED) is 0.182. The summed E-state index contributed by atoms with van der Waals surface area (Å²) in [7, 11) is 0. The van der Waals surface area contributed by atoms with Crippen LogP contribution in [-0.2, 0) is 20.6 Å². The summed E-state index contributed by atoms with van der Waals surface area (Å²) in [5.74, 6) is -0.265. The Labute approximate surface area is 255 Å². The van der Waals surface area contributed by atoms with Gasteiger partial charge >= 0.3 is 18.2 Å². The molecule has 2 N–H and O–H groups in total. The summed E-state index contributed by atoms with van der Waals surface area (Å²) in [6.07, 6.45) is 5.24. The molecule has 0 aliphatic heterocycles. The van der Waals surface area contributed by atoms with E-state index in [4.69, 9.17) is 14.2 Å². The number of nitrogens with one attached hydrogen (secondary N) is 2. The number of nitrogens with zero attached hydrogens (tertiary/aromatic N) is 2. The van der Waals surface area contributed by atoms with E-state index in [2.05, 4.69) is 15.7 Å². The third-order valence-electron chi connectivity index (χ3n) is 6.85. The van der Waals surface area contributed by atoms with Crippen LogP contribution in [0.4, 0.5) is 9.59 Å². The number of hydrogen-bond acceptors (Lipinski definition) is 8. The molecule has 3 rings (SSSR count). The Bertz CT molecular complexity index is 1160. The number of benzene rings is 1. The predicted molar refractivity (Wildman–Crippen MR) is 164 cm³/mol. The lowest BCUT2D eigenvalue weighted by atomic mass is 9.89. The highest BCUT2D eigenvalue weighted by molar-refractivity contribution is 5.87. The van der Waals surface area contributed by atoms with Crippen LogP contribution < -0.4 is 10.7 Å². The van der Waals surface area contributed by atoms with Crippen molar-refractivity contribution in [1.82, 2.24) is 20.7 Å². The molecule has 236 valence electrons. The molecular weight excluding hydrogens is 548 g/mol. The van der Waals surface area contributed by atoms with Gasteiger partial charge < -0.3 is 19.5 Å². The number of pyridine rings is 1. The maximum Gasteiger partial charge on any atom is 0.424 e. The lowest BCUT2D eigenvalue weighted by Crippen LogP contribution is -2.57. The van der Waals surface area contributed by atoms with Gasteiger partial charge in [-0.25, -0.2) is 29.8 Å². The minimum absolute atomic E-state index is 0.0898. The van der Waals surface area contributed by atoms with Crippen LogP contribution in [0.25, 0.3) is 0 Å². The van der Waals surface area contributed by atoms with E-state index in [1.54, 1.807) is 59.7 Å². The van der Waals surface area contributed by atoms with Crippen LogP contribution in [0, 0.1) is 5.92 Å². The molecule has 43 heavy (non-hydrogen) atoms. The van der Waals surface area contributed by atoms with Gasteiger partial charge in [0.05, 0.1) is 12.6 Å². The van der Waals surface area contributed by atoms with Gasteiger partial charge in [-0.15, -0.1) is 0 Å². The van der Waals surface area contributed by atoms with Gasteiger partial charge in [0.2, 0.25) is 0 Å². The van der Waals surface area contributed by atoms with Crippen molar-refractivity contribution in [1.29, 1.82) is 0 Å². The van der Waals surface area contributed by atoms with E-state index in [-0.39, 0.29) is 12.2 Å². The molecule has 1 heterocycles. The first-order valence-electron chi connectivity index (χ1n) is 15.2. The number of rotatable bonds is 11. The van der Waals surface area contributed by atoms with Crippen molar-refractivity contribution in [2.45, 2.75) is 103 Å². The molecule has 1 aliphatic rings. The van der Waals surface area contributed by atoms with Gasteiger partial charge in [0.15, 0.2) is 0 Å². The number of aromatic nitrogens is 1. The average molecular weight is 597 g/mol. The van der Waals surface area contributed by atoms with E-state index < -0.39 is 41.5 Å². The molecule has 2 atom stereocenters. The van der Waals surface area contributed by atoms with Crippen LogP contribution >= 0.6 is 0 Å². The first kappa shape index (κ1) is 33.8.